The summed E-state index contributed by atoms with van der Waals surface area (Å²) >= 11 is 0. The molecule has 0 aliphatic carbocycles. The number of carbonyl (C=O) groups is 2. The molecular formula is C23H16O6. The first-order valence-electron chi connectivity index (χ1n) is 8.81. The van der Waals surface area contributed by atoms with Gasteiger partial charge in [-0.2, -0.15) is 0 Å². The summed E-state index contributed by atoms with van der Waals surface area (Å²) in [5, 5.41) is 42.0. The lowest BCUT2D eigenvalue weighted by Gasteiger charge is -2.14. The number of fused-ring (bicyclic) bond motifs is 2. The fourth-order valence-electron chi connectivity index (χ4n) is 3.58. The van der Waals surface area contributed by atoms with Gasteiger partial charge in [0.05, 0.1) is 11.1 Å². The summed E-state index contributed by atoms with van der Waals surface area (Å²) in [7, 11) is 0. The van der Waals surface area contributed by atoms with Crippen LogP contribution in [0.2, 0.25) is 0 Å². The molecular weight excluding hydrogens is 372 g/mol. The van der Waals surface area contributed by atoms with Crippen molar-refractivity contribution in [3.8, 4) is 11.5 Å². The zero-order valence-corrected chi connectivity index (χ0v) is 15.1. The van der Waals surface area contributed by atoms with Crippen LogP contribution in [-0.4, -0.2) is 32.4 Å². The molecule has 6 nitrogen and oxygen atoms in total. The maximum absolute atomic E-state index is 11.2. The number of rotatable bonds is 4. The molecule has 0 aromatic heterocycles. The van der Waals surface area contributed by atoms with Crippen LogP contribution >= 0.6 is 0 Å². The molecule has 0 fully saturated rings. The Balaban J connectivity index is 1.89. The topological polar surface area (TPSA) is 115 Å². The number of hydrogen-bond donors (Lipinski definition) is 4. The summed E-state index contributed by atoms with van der Waals surface area (Å²) in [6.07, 6.45) is 0.186. The molecule has 0 unspecified atom stereocenters. The molecule has 0 heterocycles. The van der Waals surface area contributed by atoms with Crippen LogP contribution in [-0.2, 0) is 6.42 Å². The van der Waals surface area contributed by atoms with Crippen molar-refractivity contribution < 1.29 is 30.0 Å². The van der Waals surface area contributed by atoms with E-state index in [-0.39, 0.29) is 29.0 Å². The van der Waals surface area contributed by atoms with E-state index in [1.165, 1.54) is 36.4 Å². The second-order valence-electron chi connectivity index (χ2n) is 6.79. The van der Waals surface area contributed by atoms with Gasteiger partial charge in [-0.05, 0) is 57.9 Å². The number of aromatic hydroxyl groups is 2. The zero-order valence-electron chi connectivity index (χ0n) is 15.1. The molecule has 4 aromatic carbocycles. The minimum Gasteiger partial charge on any atom is -0.508 e. The molecule has 0 amide bonds. The number of aromatic carboxylic acids is 2. The van der Waals surface area contributed by atoms with E-state index in [1.807, 2.05) is 0 Å². The van der Waals surface area contributed by atoms with Crippen molar-refractivity contribution in [2.45, 2.75) is 6.42 Å². The lowest BCUT2D eigenvalue weighted by Crippen LogP contribution is -1.98. The number of phenols is 2. The number of carboxylic acids is 2. The van der Waals surface area contributed by atoms with Crippen LogP contribution in [0, 0.1) is 0 Å². The van der Waals surface area contributed by atoms with Crippen molar-refractivity contribution in [1.29, 1.82) is 0 Å². The van der Waals surface area contributed by atoms with Gasteiger partial charge in [-0.25, -0.2) is 9.59 Å². The monoisotopic (exact) mass is 388 g/mol. The van der Waals surface area contributed by atoms with Gasteiger partial charge in [-0.15, -0.1) is 0 Å². The quantitative estimate of drug-likeness (QED) is 0.412. The summed E-state index contributed by atoms with van der Waals surface area (Å²) < 4.78 is 0. The van der Waals surface area contributed by atoms with Crippen molar-refractivity contribution in [1.82, 2.24) is 0 Å². The molecule has 0 bridgehead atoms. The third-order valence-electron chi connectivity index (χ3n) is 5.06. The minimum absolute atomic E-state index is 0.0270. The third kappa shape index (κ3) is 3.21. The zero-order chi connectivity index (χ0) is 20.7. The Morgan fingerprint density at radius 2 is 1.03 bits per heavy atom. The fraction of sp³-hybridized carbons (Fsp3) is 0.0435. The van der Waals surface area contributed by atoms with Gasteiger partial charge < -0.3 is 20.4 Å². The Morgan fingerprint density at radius 1 is 0.621 bits per heavy atom. The van der Waals surface area contributed by atoms with Gasteiger partial charge in [-0.3, -0.25) is 0 Å². The van der Waals surface area contributed by atoms with Crippen LogP contribution in [0.15, 0.2) is 60.7 Å². The first kappa shape index (κ1) is 18.3. The maximum atomic E-state index is 11.2. The van der Waals surface area contributed by atoms with Crippen molar-refractivity contribution in [2.24, 2.45) is 0 Å². The number of benzene rings is 4. The highest BCUT2D eigenvalue weighted by Crippen LogP contribution is 2.35. The highest BCUT2D eigenvalue weighted by molar-refractivity contribution is 5.98. The van der Waals surface area contributed by atoms with Gasteiger partial charge in [0.15, 0.2) is 0 Å². The first-order chi connectivity index (χ1) is 13.8. The Hall–Kier alpha value is -4.06. The molecule has 144 valence electrons. The van der Waals surface area contributed by atoms with E-state index in [0.29, 0.717) is 32.7 Å². The molecule has 4 N–H and O–H groups in total. The second-order valence-corrected chi connectivity index (χ2v) is 6.79. The number of phenolic OH excluding ortho intramolecular Hbond substituents is 2. The Bertz CT molecular complexity index is 1200. The molecule has 0 aliphatic rings. The van der Waals surface area contributed by atoms with Gasteiger partial charge in [0.25, 0.3) is 0 Å². The molecule has 0 saturated heterocycles. The van der Waals surface area contributed by atoms with Gasteiger partial charge in [0.1, 0.15) is 11.5 Å². The summed E-state index contributed by atoms with van der Waals surface area (Å²) in [5.41, 5.74) is 1.38. The van der Waals surface area contributed by atoms with Gasteiger partial charge >= 0.3 is 11.9 Å². The van der Waals surface area contributed by atoms with Crippen LogP contribution in [0.4, 0.5) is 0 Å². The molecule has 0 saturated carbocycles. The van der Waals surface area contributed by atoms with Gasteiger partial charge in [0, 0.05) is 17.5 Å². The fourth-order valence-corrected chi connectivity index (χ4v) is 3.58. The van der Waals surface area contributed by atoms with Gasteiger partial charge in [0.2, 0.25) is 0 Å². The minimum atomic E-state index is -1.04. The van der Waals surface area contributed by atoms with Crippen molar-refractivity contribution in [2.75, 3.05) is 0 Å². The van der Waals surface area contributed by atoms with E-state index < -0.39 is 11.9 Å². The van der Waals surface area contributed by atoms with Crippen LogP contribution in [0.3, 0.4) is 0 Å². The van der Waals surface area contributed by atoms with Crippen molar-refractivity contribution in [3.63, 3.8) is 0 Å². The van der Waals surface area contributed by atoms with Crippen molar-refractivity contribution >= 4 is 33.5 Å². The molecule has 4 rings (SSSR count). The van der Waals surface area contributed by atoms with E-state index in [9.17, 15) is 30.0 Å². The van der Waals surface area contributed by atoms with E-state index in [0.717, 1.165) is 0 Å². The summed E-state index contributed by atoms with van der Waals surface area (Å²) in [6, 6.07) is 15.5. The van der Waals surface area contributed by atoms with E-state index in [1.54, 1.807) is 24.3 Å². The second kappa shape index (κ2) is 6.83. The maximum Gasteiger partial charge on any atom is 0.335 e. The van der Waals surface area contributed by atoms with Crippen LogP contribution in [0.1, 0.15) is 31.8 Å². The standard InChI is InChI=1S/C23H16O6/c24-20-7-3-12-9-14(22(26)27)1-5-16(12)18(20)11-19-17-6-2-15(23(28)29)10-13(17)4-8-21(19)25/h1-10,24-25H,11H2,(H,26,27)(H,28,29). The number of carboxylic acid groups (broad SMARTS) is 2. The first-order valence-corrected chi connectivity index (χ1v) is 8.81. The van der Waals surface area contributed by atoms with E-state index in [4.69, 9.17) is 0 Å². The number of hydrogen-bond acceptors (Lipinski definition) is 4. The molecule has 0 atom stereocenters. The summed E-state index contributed by atoms with van der Waals surface area (Å²) in [5.74, 6) is -2.02. The Labute approximate surface area is 164 Å². The highest BCUT2D eigenvalue weighted by Gasteiger charge is 2.15. The molecule has 6 heteroatoms. The van der Waals surface area contributed by atoms with Gasteiger partial charge in [-0.1, -0.05) is 24.3 Å². The van der Waals surface area contributed by atoms with E-state index >= 15 is 0 Å². The SMILES string of the molecule is O=C(O)c1ccc2c(Cc3c(O)ccc4cc(C(=O)O)ccc34)c(O)ccc2c1. The summed E-state index contributed by atoms with van der Waals surface area (Å²) in [6.45, 7) is 0. The van der Waals surface area contributed by atoms with Crippen LogP contribution < -0.4 is 0 Å². The predicted octanol–water partition coefficient (Wildman–Crippen LogP) is 4.39. The molecule has 0 aliphatic heterocycles. The van der Waals surface area contributed by atoms with E-state index in [2.05, 4.69) is 0 Å². The average Bonchev–Trinajstić information content (AvgIpc) is 2.70. The smallest absolute Gasteiger partial charge is 0.335 e. The molecule has 0 spiro atoms. The van der Waals surface area contributed by atoms with Crippen LogP contribution in [0.5, 0.6) is 11.5 Å². The molecule has 29 heavy (non-hydrogen) atoms. The molecule has 4 aromatic rings. The lowest BCUT2D eigenvalue weighted by molar-refractivity contribution is 0.0686. The molecule has 0 radical (unpaired) electrons. The summed E-state index contributed by atoms with van der Waals surface area (Å²) in [4.78, 5) is 22.5. The largest absolute Gasteiger partial charge is 0.508 e. The van der Waals surface area contributed by atoms with Crippen LogP contribution in [0.25, 0.3) is 21.5 Å². The lowest BCUT2D eigenvalue weighted by atomic mass is 9.92. The van der Waals surface area contributed by atoms with Crippen molar-refractivity contribution in [3.05, 3.63) is 82.9 Å². The predicted molar refractivity (Wildman–Crippen MR) is 108 cm³/mol. The third-order valence-corrected chi connectivity index (χ3v) is 5.06. The highest BCUT2D eigenvalue weighted by atomic mass is 16.4. The Morgan fingerprint density at radius 3 is 1.41 bits per heavy atom. The average molecular weight is 388 g/mol. The Kier molecular flexibility index (Phi) is 4.31. The normalized spacial score (nSPS) is 11.0.